The molecule has 0 heterocycles. The molecule has 0 aliphatic carbocycles. The van der Waals surface area contributed by atoms with Crippen LogP contribution in [0.2, 0.25) is 0 Å². The highest BCUT2D eigenvalue weighted by atomic mass is 16.5. The Morgan fingerprint density at radius 1 is 1.15 bits per heavy atom. The summed E-state index contributed by atoms with van der Waals surface area (Å²) in [6, 6.07) is 12.3. The number of ether oxygens (including phenoxy) is 1. The van der Waals surface area contributed by atoms with Gasteiger partial charge in [-0.3, -0.25) is 9.59 Å². The normalized spacial score (nSPS) is 10.2. The van der Waals surface area contributed by atoms with Gasteiger partial charge in [-0.05, 0) is 31.2 Å². The minimum atomic E-state index is -1.10. The van der Waals surface area contributed by atoms with E-state index >= 15 is 0 Å². The number of methoxy groups -OCH3 is 1. The molecule has 0 bridgehead atoms. The molecule has 0 fully saturated rings. The lowest BCUT2D eigenvalue weighted by Gasteiger charge is -2.26. The number of benzene rings is 2. The van der Waals surface area contributed by atoms with Crippen molar-refractivity contribution < 1.29 is 24.5 Å². The lowest BCUT2D eigenvalue weighted by molar-refractivity contribution is -0.137. The van der Waals surface area contributed by atoms with E-state index in [1.54, 1.807) is 42.3 Å². The summed E-state index contributed by atoms with van der Waals surface area (Å²) in [5.41, 5.74) is 2.07. The molecule has 3 N–H and O–H groups in total. The Kier molecular flexibility index (Phi) is 6.43. The van der Waals surface area contributed by atoms with Gasteiger partial charge in [0.2, 0.25) is 5.91 Å². The Bertz CT molecular complexity index is 791. The van der Waals surface area contributed by atoms with Crippen molar-refractivity contribution in [2.45, 2.75) is 6.92 Å². The van der Waals surface area contributed by atoms with E-state index in [-0.39, 0.29) is 12.3 Å². The van der Waals surface area contributed by atoms with E-state index in [9.17, 15) is 14.7 Å². The molecular weight excluding hydrogens is 336 g/mol. The first-order valence-corrected chi connectivity index (χ1v) is 8.16. The van der Waals surface area contributed by atoms with Crippen LogP contribution < -0.4 is 15.0 Å². The maximum Gasteiger partial charge on any atom is 0.322 e. The number of carbonyl (C=O) groups excluding carboxylic acids is 1. The summed E-state index contributed by atoms with van der Waals surface area (Å²) < 4.78 is 5.29. The molecule has 1 amide bonds. The third-order valence-electron chi connectivity index (χ3n) is 3.89. The number of phenols is 1. The molecule has 0 saturated carbocycles. The second-order valence-corrected chi connectivity index (χ2v) is 5.58. The number of amides is 1. The first-order valence-electron chi connectivity index (χ1n) is 8.16. The highest BCUT2D eigenvalue weighted by Gasteiger charge is 2.17. The van der Waals surface area contributed by atoms with Crippen LogP contribution in [0.25, 0.3) is 11.1 Å². The number of carbonyl (C=O) groups is 2. The van der Waals surface area contributed by atoms with Gasteiger partial charge < -0.3 is 25.2 Å². The third-order valence-corrected chi connectivity index (χ3v) is 3.89. The molecule has 7 heteroatoms. The van der Waals surface area contributed by atoms with Crippen LogP contribution in [0.4, 0.5) is 5.69 Å². The molecule has 0 saturated heterocycles. The van der Waals surface area contributed by atoms with Crippen molar-refractivity contribution in [2.75, 3.05) is 31.6 Å². The number of para-hydroxylation sites is 1. The standard InChI is InChI=1S/C19H22N2O5/c1-3-21(12-18(23)20-11-19(24)25)16-9-8-13(26-2)10-15(16)14-6-4-5-7-17(14)22/h4-10,22H,3,11-12H2,1-2H3,(H,20,23)(H,24,25). The first-order chi connectivity index (χ1) is 12.5. The molecule has 7 nitrogen and oxygen atoms in total. The van der Waals surface area contributed by atoms with Gasteiger partial charge in [-0.2, -0.15) is 0 Å². The summed E-state index contributed by atoms with van der Waals surface area (Å²) in [5, 5.41) is 21.3. The third kappa shape index (κ3) is 4.66. The predicted octanol–water partition coefficient (Wildman–Crippen LogP) is 2.09. The van der Waals surface area contributed by atoms with Gasteiger partial charge in [0.15, 0.2) is 0 Å². The number of likely N-dealkylation sites (N-methyl/N-ethyl adjacent to an activating group) is 1. The van der Waals surface area contributed by atoms with Crippen molar-refractivity contribution in [3.63, 3.8) is 0 Å². The van der Waals surface area contributed by atoms with Crippen molar-refractivity contribution >= 4 is 17.6 Å². The maximum absolute atomic E-state index is 12.0. The molecule has 0 aliphatic rings. The average molecular weight is 358 g/mol. The minimum Gasteiger partial charge on any atom is -0.507 e. The zero-order chi connectivity index (χ0) is 19.1. The van der Waals surface area contributed by atoms with E-state index in [1.165, 1.54) is 0 Å². The molecule has 0 aliphatic heterocycles. The highest BCUT2D eigenvalue weighted by Crippen LogP contribution is 2.38. The summed E-state index contributed by atoms with van der Waals surface area (Å²) in [4.78, 5) is 24.4. The summed E-state index contributed by atoms with van der Waals surface area (Å²) in [7, 11) is 1.56. The molecule has 0 radical (unpaired) electrons. The molecule has 138 valence electrons. The topological polar surface area (TPSA) is 99.1 Å². The Balaban J connectivity index is 2.38. The van der Waals surface area contributed by atoms with Crippen LogP contribution in [-0.2, 0) is 9.59 Å². The van der Waals surface area contributed by atoms with Gasteiger partial charge in [0, 0.05) is 23.4 Å². The number of hydrogen-bond acceptors (Lipinski definition) is 5. The fourth-order valence-corrected chi connectivity index (χ4v) is 2.61. The molecule has 2 aromatic carbocycles. The zero-order valence-corrected chi connectivity index (χ0v) is 14.7. The zero-order valence-electron chi connectivity index (χ0n) is 14.7. The van der Waals surface area contributed by atoms with Crippen LogP contribution in [0.3, 0.4) is 0 Å². The van der Waals surface area contributed by atoms with Crippen LogP contribution in [0.15, 0.2) is 42.5 Å². The summed E-state index contributed by atoms with van der Waals surface area (Å²) in [6.07, 6.45) is 0. The minimum absolute atomic E-state index is 0.00327. The quantitative estimate of drug-likeness (QED) is 0.668. The Morgan fingerprint density at radius 3 is 2.50 bits per heavy atom. The molecule has 0 aromatic heterocycles. The number of carboxylic acid groups (broad SMARTS) is 1. The Hall–Kier alpha value is -3.22. The number of phenolic OH excluding ortho intramolecular Hbond substituents is 1. The van der Waals surface area contributed by atoms with Gasteiger partial charge in [-0.1, -0.05) is 18.2 Å². The fraction of sp³-hybridized carbons (Fsp3) is 0.263. The highest BCUT2D eigenvalue weighted by molar-refractivity contribution is 5.88. The van der Waals surface area contributed by atoms with Gasteiger partial charge >= 0.3 is 5.97 Å². The second kappa shape index (κ2) is 8.75. The lowest BCUT2D eigenvalue weighted by Crippen LogP contribution is -2.39. The number of hydrogen-bond donors (Lipinski definition) is 3. The van der Waals surface area contributed by atoms with E-state index in [0.717, 1.165) is 11.3 Å². The number of nitrogens with zero attached hydrogens (tertiary/aromatic N) is 1. The number of aromatic hydroxyl groups is 1. The predicted molar refractivity (Wildman–Crippen MR) is 98.6 cm³/mol. The second-order valence-electron chi connectivity index (χ2n) is 5.58. The van der Waals surface area contributed by atoms with Crippen molar-refractivity contribution in [3.05, 3.63) is 42.5 Å². The number of nitrogens with one attached hydrogen (secondary N) is 1. The van der Waals surface area contributed by atoms with Crippen LogP contribution in [0.1, 0.15) is 6.92 Å². The number of rotatable bonds is 8. The molecular formula is C19H22N2O5. The van der Waals surface area contributed by atoms with E-state index in [1.807, 2.05) is 19.1 Å². The van der Waals surface area contributed by atoms with E-state index in [4.69, 9.17) is 9.84 Å². The summed E-state index contributed by atoms with van der Waals surface area (Å²) in [5.74, 6) is -0.749. The van der Waals surface area contributed by atoms with Crippen molar-refractivity contribution in [1.82, 2.24) is 5.32 Å². The molecule has 2 aromatic rings. The average Bonchev–Trinajstić information content (AvgIpc) is 2.64. The van der Waals surface area contributed by atoms with Gasteiger partial charge in [-0.15, -0.1) is 0 Å². The van der Waals surface area contributed by atoms with Crippen LogP contribution in [0.5, 0.6) is 11.5 Å². The largest absolute Gasteiger partial charge is 0.507 e. The van der Waals surface area contributed by atoms with E-state index < -0.39 is 18.4 Å². The van der Waals surface area contributed by atoms with Gasteiger partial charge in [0.25, 0.3) is 0 Å². The van der Waals surface area contributed by atoms with Crippen molar-refractivity contribution in [2.24, 2.45) is 0 Å². The number of carboxylic acids is 1. The summed E-state index contributed by atoms with van der Waals surface area (Å²) in [6.45, 7) is 1.98. The Labute approximate surface area is 151 Å². The summed E-state index contributed by atoms with van der Waals surface area (Å²) >= 11 is 0. The number of aliphatic carboxylic acids is 1. The molecule has 0 atom stereocenters. The van der Waals surface area contributed by atoms with Gasteiger partial charge in [-0.25, -0.2) is 0 Å². The monoisotopic (exact) mass is 358 g/mol. The molecule has 0 spiro atoms. The molecule has 2 rings (SSSR count). The van der Waals surface area contributed by atoms with Gasteiger partial charge in [0.05, 0.1) is 13.7 Å². The Morgan fingerprint density at radius 2 is 1.88 bits per heavy atom. The SMILES string of the molecule is CCN(CC(=O)NCC(=O)O)c1ccc(OC)cc1-c1ccccc1O. The van der Waals surface area contributed by atoms with E-state index in [0.29, 0.717) is 17.9 Å². The molecule has 26 heavy (non-hydrogen) atoms. The van der Waals surface area contributed by atoms with Crippen LogP contribution in [-0.4, -0.2) is 48.8 Å². The maximum atomic E-state index is 12.0. The van der Waals surface area contributed by atoms with Crippen molar-refractivity contribution in [1.29, 1.82) is 0 Å². The number of anilines is 1. The van der Waals surface area contributed by atoms with Crippen LogP contribution in [0, 0.1) is 0 Å². The van der Waals surface area contributed by atoms with Crippen molar-refractivity contribution in [3.8, 4) is 22.6 Å². The lowest BCUT2D eigenvalue weighted by atomic mass is 10.0. The molecule has 0 unspecified atom stereocenters. The van der Waals surface area contributed by atoms with Gasteiger partial charge in [0.1, 0.15) is 18.0 Å². The fourth-order valence-electron chi connectivity index (χ4n) is 2.61. The van der Waals surface area contributed by atoms with Crippen LogP contribution >= 0.6 is 0 Å². The first kappa shape index (κ1) is 19.1. The van der Waals surface area contributed by atoms with E-state index in [2.05, 4.69) is 5.32 Å². The smallest absolute Gasteiger partial charge is 0.322 e.